The molecule has 0 spiro atoms. The van der Waals surface area contributed by atoms with E-state index in [0.717, 1.165) is 6.07 Å². The third-order valence-electron chi connectivity index (χ3n) is 1.88. The van der Waals surface area contributed by atoms with Crippen LogP contribution in [-0.4, -0.2) is 11.7 Å². The molecule has 5 N–H and O–H groups in total. The summed E-state index contributed by atoms with van der Waals surface area (Å²) in [5, 5.41) is 17.9. The van der Waals surface area contributed by atoms with E-state index >= 15 is 0 Å². The average molecular weight is 195 g/mol. The predicted octanol–water partition coefficient (Wildman–Crippen LogP) is 0.361. The maximum atomic E-state index is 13.0. The molecule has 5 heteroatoms. The molecule has 0 saturated carbocycles. The Kier molecular flexibility index (Phi) is 3.02. The average Bonchev–Trinajstić information content (AvgIpc) is 2.20. The number of rotatable bonds is 2. The van der Waals surface area contributed by atoms with Crippen LogP contribution in [0, 0.1) is 17.1 Å². The van der Waals surface area contributed by atoms with Gasteiger partial charge in [0, 0.05) is 18.2 Å². The minimum atomic E-state index is -0.858. The van der Waals surface area contributed by atoms with Gasteiger partial charge in [0.2, 0.25) is 0 Å². The van der Waals surface area contributed by atoms with E-state index in [1.54, 1.807) is 6.07 Å². The van der Waals surface area contributed by atoms with E-state index in [-0.39, 0.29) is 17.7 Å². The summed E-state index contributed by atoms with van der Waals surface area (Å²) < 4.78 is 13.0. The number of nitrogens with two attached hydrogens (primary N) is 2. The molecule has 0 saturated heterocycles. The lowest BCUT2D eigenvalue weighted by atomic mass is 10.0. The second kappa shape index (κ2) is 4.05. The molecule has 14 heavy (non-hydrogen) atoms. The molecule has 0 amide bonds. The largest absolute Gasteiger partial charge is 0.505 e. The molecule has 0 radical (unpaired) electrons. The van der Waals surface area contributed by atoms with Crippen LogP contribution in [0.1, 0.15) is 17.2 Å². The third-order valence-corrected chi connectivity index (χ3v) is 1.88. The molecular formula is C9H10FN3O. The number of nitriles is 1. The van der Waals surface area contributed by atoms with Crippen LogP contribution in [0.3, 0.4) is 0 Å². The lowest BCUT2D eigenvalue weighted by molar-refractivity contribution is 0.421. The molecule has 1 atom stereocenters. The van der Waals surface area contributed by atoms with E-state index in [2.05, 4.69) is 0 Å². The van der Waals surface area contributed by atoms with Gasteiger partial charge in [-0.25, -0.2) is 4.39 Å². The van der Waals surface area contributed by atoms with Crippen molar-refractivity contribution < 1.29 is 9.50 Å². The highest BCUT2D eigenvalue weighted by atomic mass is 19.1. The van der Waals surface area contributed by atoms with Crippen molar-refractivity contribution in [1.29, 1.82) is 5.26 Å². The fourth-order valence-corrected chi connectivity index (χ4v) is 1.09. The Bertz CT molecular complexity index is 386. The first-order valence-corrected chi connectivity index (χ1v) is 3.98. The molecule has 4 nitrogen and oxygen atoms in total. The van der Waals surface area contributed by atoms with Gasteiger partial charge in [-0.1, -0.05) is 0 Å². The summed E-state index contributed by atoms with van der Waals surface area (Å²) in [7, 11) is 0. The second-order valence-corrected chi connectivity index (χ2v) is 2.85. The molecule has 0 aliphatic heterocycles. The van der Waals surface area contributed by atoms with Crippen LogP contribution in [0.15, 0.2) is 12.1 Å². The number of phenols is 1. The molecule has 0 fully saturated rings. The normalized spacial score (nSPS) is 12.1. The van der Waals surface area contributed by atoms with Gasteiger partial charge in [-0.05, 0) is 12.1 Å². The third kappa shape index (κ3) is 1.82. The minimum absolute atomic E-state index is 0.0713. The molecule has 0 unspecified atom stereocenters. The summed E-state index contributed by atoms with van der Waals surface area (Å²) in [5.74, 6) is -1.40. The number of halogens is 1. The summed E-state index contributed by atoms with van der Waals surface area (Å²) in [6, 6.07) is 3.37. The van der Waals surface area contributed by atoms with Gasteiger partial charge < -0.3 is 16.6 Å². The molecule has 74 valence electrons. The standard InChI is InChI=1S/C9H10FN3O/c10-7-2-5(3-11)1-6(9(7)14)8(13)4-12/h1-2,8,14H,4,12-13H2/t8-/m1/s1. The lowest BCUT2D eigenvalue weighted by Gasteiger charge is -2.11. The minimum Gasteiger partial charge on any atom is -0.505 e. The van der Waals surface area contributed by atoms with Crippen molar-refractivity contribution >= 4 is 0 Å². The molecule has 0 aliphatic rings. The number of aromatic hydroxyl groups is 1. The SMILES string of the molecule is N#Cc1cc(F)c(O)c([C@H](N)CN)c1. The van der Waals surface area contributed by atoms with Crippen molar-refractivity contribution in [2.24, 2.45) is 11.5 Å². The van der Waals surface area contributed by atoms with E-state index in [1.807, 2.05) is 0 Å². The number of hydrogen-bond acceptors (Lipinski definition) is 4. The number of nitrogens with zero attached hydrogens (tertiary/aromatic N) is 1. The topological polar surface area (TPSA) is 96.1 Å². The predicted molar refractivity (Wildman–Crippen MR) is 48.8 cm³/mol. The van der Waals surface area contributed by atoms with E-state index in [0.29, 0.717) is 0 Å². The fourth-order valence-electron chi connectivity index (χ4n) is 1.09. The summed E-state index contributed by atoms with van der Waals surface area (Å²) in [5.41, 5.74) is 11.1. The van der Waals surface area contributed by atoms with E-state index in [1.165, 1.54) is 6.07 Å². The van der Waals surface area contributed by atoms with Gasteiger partial charge in [0.05, 0.1) is 11.6 Å². The zero-order valence-electron chi connectivity index (χ0n) is 7.37. The van der Waals surface area contributed by atoms with E-state index in [9.17, 15) is 9.50 Å². The van der Waals surface area contributed by atoms with Crippen LogP contribution >= 0.6 is 0 Å². The Morgan fingerprint density at radius 2 is 2.21 bits per heavy atom. The van der Waals surface area contributed by atoms with Gasteiger partial charge in [0.25, 0.3) is 0 Å². The number of benzene rings is 1. The molecule has 0 heterocycles. The Morgan fingerprint density at radius 1 is 1.57 bits per heavy atom. The molecule has 0 aliphatic carbocycles. The number of hydrogen-bond donors (Lipinski definition) is 3. The van der Waals surface area contributed by atoms with E-state index in [4.69, 9.17) is 16.7 Å². The van der Waals surface area contributed by atoms with E-state index < -0.39 is 17.6 Å². The van der Waals surface area contributed by atoms with Crippen molar-refractivity contribution in [1.82, 2.24) is 0 Å². The van der Waals surface area contributed by atoms with Crippen molar-refractivity contribution in [3.05, 3.63) is 29.1 Å². The Morgan fingerprint density at radius 3 is 2.71 bits per heavy atom. The molecule has 0 aromatic heterocycles. The maximum Gasteiger partial charge on any atom is 0.166 e. The first-order chi connectivity index (χ1) is 6.60. The summed E-state index contributed by atoms with van der Waals surface area (Å²) in [6.07, 6.45) is 0. The monoisotopic (exact) mass is 195 g/mol. The zero-order valence-corrected chi connectivity index (χ0v) is 7.37. The highest BCUT2D eigenvalue weighted by Crippen LogP contribution is 2.26. The summed E-state index contributed by atoms with van der Waals surface area (Å²) in [6.45, 7) is 0.0713. The number of phenolic OH excluding ortho intramolecular Hbond substituents is 1. The zero-order chi connectivity index (χ0) is 10.7. The first-order valence-electron chi connectivity index (χ1n) is 3.98. The lowest BCUT2D eigenvalue weighted by Crippen LogP contribution is -2.21. The van der Waals surface area contributed by atoms with Gasteiger partial charge in [-0.15, -0.1) is 0 Å². The van der Waals surface area contributed by atoms with Crippen LogP contribution < -0.4 is 11.5 Å². The highest BCUT2D eigenvalue weighted by molar-refractivity contribution is 5.44. The summed E-state index contributed by atoms with van der Waals surface area (Å²) in [4.78, 5) is 0. The van der Waals surface area contributed by atoms with Crippen LogP contribution in [0.4, 0.5) is 4.39 Å². The fraction of sp³-hybridized carbons (Fsp3) is 0.222. The molecule has 1 aromatic carbocycles. The van der Waals surface area contributed by atoms with Gasteiger partial charge in [-0.2, -0.15) is 5.26 Å². The molecular weight excluding hydrogens is 185 g/mol. The van der Waals surface area contributed by atoms with Gasteiger partial charge in [0.15, 0.2) is 11.6 Å². The first kappa shape index (κ1) is 10.4. The van der Waals surface area contributed by atoms with Crippen LogP contribution in [-0.2, 0) is 0 Å². The molecule has 0 bridgehead atoms. The molecule has 1 rings (SSSR count). The van der Waals surface area contributed by atoms with Crippen LogP contribution in [0.25, 0.3) is 0 Å². The van der Waals surface area contributed by atoms with Crippen molar-refractivity contribution in [3.8, 4) is 11.8 Å². The summed E-state index contributed by atoms with van der Waals surface area (Å²) >= 11 is 0. The van der Waals surface area contributed by atoms with Gasteiger partial charge in [-0.3, -0.25) is 0 Å². The van der Waals surface area contributed by atoms with Crippen LogP contribution in [0.5, 0.6) is 5.75 Å². The van der Waals surface area contributed by atoms with Crippen LogP contribution in [0.2, 0.25) is 0 Å². The Labute approximate surface area is 80.6 Å². The highest BCUT2D eigenvalue weighted by Gasteiger charge is 2.14. The Balaban J connectivity index is 3.28. The van der Waals surface area contributed by atoms with Gasteiger partial charge >= 0.3 is 0 Å². The second-order valence-electron chi connectivity index (χ2n) is 2.85. The molecule has 1 aromatic rings. The maximum absolute atomic E-state index is 13.0. The van der Waals surface area contributed by atoms with Crippen molar-refractivity contribution in [2.45, 2.75) is 6.04 Å². The Hall–Kier alpha value is -1.64. The van der Waals surface area contributed by atoms with Crippen molar-refractivity contribution in [2.75, 3.05) is 6.54 Å². The quantitative estimate of drug-likeness (QED) is 0.634. The van der Waals surface area contributed by atoms with Crippen molar-refractivity contribution in [3.63, 3.8) is 0 Å². The van der Waals surface area contributed by atoms with Gasteiger partial charge in [0.1, 0.15) is 0 Å². The smallest absolute Gasteiger partial charge is 0.166 e.